The lowest BCUT2D eigenvalue weighted by molar-refractivity contribution is -0.132. The van der Waals surface area contributed by atoms with Crippen molar-refractivity contribution in [2.75, 3.05) is 26.2 Å². The van der Waals surface area contributed by atoms with Crippen molar-refractivity contribution in [3.8, 4) is 10.6 Å². The molecule has 6 nitrogen and oxygen atoms in total. The van der Waals surface area contributed by atoms with E-state index in [1.54, 1.807) is 27.6 Å². The van der Waals surface area contributed by atoms with Crippen molar-refractivity contribution in [2.24, 2.45) is 0 Å². The molecule has 1 aliphatic heterocycles. The van der Waals surface area contributed by atoms with Crippen LogP contribution in [0.15, 0.2) is 17.5 Å². The molecule has 27 heavy (non-hydrogen) atoms. The summed E-state index contributed by atoms with van der Waals surface area (Å²) in [6.45, 7) is 9.59. The smallest absolute Gasteiger partial charge is 0.410 e. The second kappa shape index (κ2) is 7.98. The Morgan fingerprint density at radius 2 is 1.85 bits per heavy atom. The minimum Gasteiger partial charge on any atom is -0.444 e. The molecule has 2 aromatic heterocycles. The van der Waals surface area contributed by atoms with Crippen molar-refractivity contribution in [1.82, 2.24) is 14.8 Å². The van der Waals surface area contributed by atoms with Crippen LogP contribution in [0.5, 0.6) is 0 Å². The van der Waals surface area contributed by atoms with E-state index >= 15 is 0 Å². The van der Waals surface area contributed by atoms with Gasteiger partial charge >= 0.3 is 6.09 Å². The summed E-state index contributed by atoms with van der Waals surface area (Å²) in [5.74, 6) is 0.0836. The van der Waals surface area contributed by atoms with Crippen molar-refractivity contribution in [3.05, 3.63) is 27.4 Å². The van der Waals surface area contributed by atoms with Crippen LogP contribution in [0.3, 0.4) is 0 Å². The van der Waals surface area contributed by atoms with Gasteiger partial charge in [-0.2, -0.15) is 0 Å². The standard InChI is InChI=1S/C19H25N3O3S2/c1-13-20-17(14-6-5-11-26-14)15(27-13)12-16(23)21-7-9-22(10-8-21)18(24)25-19(2,3)4/h5-6,11H,7-10,12H2,1-4H3. The number of thiazole rings is 1. The molecule has 0 radical (unpaired) electrons. The van der Waals surface area contributed by atoms with Crippen molar-refractivity contribution in [1.29, 1.82) is 0 Å². The summed E-state index contributed by atoms with van der Waals surface area (Å²) in [5, 5.41) is 2.99. The third kappa shape index (κ3) is 5.07. The van der Waals surface area contributed by atoms with E-state index in [-0.39, 0.29) is 12.0 Å². The Kier molecular flexibility index (Phi) is 5.86. The molecule has 0 spiro atoms. The van der Waals surface area contributed by atoms with Crippen LogP contribution in [0.1, 0.15) is 30.7 Å². The van der Waals surface area contributed by atoms with Gasteiger partial charge in [0.2, 0.25) is 5.91 Å². The molecule has 0 N–H and O–H groups in total. The highest BCUT2D eigenvalue weighted by Gasteiger charge is 2.28. The molecule has 0 unspecified atom stereocenters. The fourth-order valence-electron chi connectivity index (χ4n) is 2.91. The number of piperazine rings is 1. The molecule has 0 atom stereocenters. The highest BCUT2D eigenvalue weighted by atomic mass is 32.1. The largest absolute Gasteiger partial charge is 0.444 e. The number of aromatic nitrogens is 1. The van der Waals surface area contributed by atoms with Gasteiger partial charge in [0.15, 0.2) is 0 Å². The number of ether oxygens (including phenoxy) is 1. The molecule has 0 saturated carbocycles. The third-order valence-electron chi connectivity index (χ3n) is 4.15. The van der Waals surface area contributed by atoms with Crippen molar-refractivity contribution >= 4 is 34.7 Å². The summed E-state index contributed by atoms with van der Waals surface area (Å²) in [6, 6.07) is 4.03. The third-order valence-corrected chi connectivity index (χ3v) is 6.00. The van der Waals surface area contributed by atoms with Gasteiger partial charge in [-0.3, -0.25) is 4.79 Å². The van der Waals surface area contributed by atoms with E-state index in [1.807, 2.05) is 50.1 Å². The minimum atomic E-state index is -0.508. The van der Waals surface area contributed by atoms with E-state index in [1.165, 1.54) is 0 Å². The minimum absolute atomic E-state index is 0.0836. The average Bonchev–Trinajstić information content (AvgIpc) is 3.23. The van der Waals surface area contributed by atoms with Crippen LogP contribution in [-0.2, 0) is 16.0 Å². The fraction of sp³-hybridized carbons (Fsp3) is 0.526. The summed E-state index contributed by atoms with van der Waals surface area (Å²) in [6.07, 6.45) is 0.0400. The van der Waals surface area contributed by atoms with Gasteiger partial charge in [0.05, 0.1) is 22.0 Å². The maximum atomic E-state index is 12.8. The SMILES string of the molecule is Cc1nc(-c2cccs2)c(CC(=O)N2CCN(C(=O)OC(C)(C)C)CC2)s1. The second-order valence-corrected chi connectivity index (χ2v) is 9.74. The first-order valence-corrected chi connectivity index (χ1v) is 10.7. The van der Waals surface area contributed by atoms with Crippen LogP contribution in [0.25, 0.3) is 10.6 Å². The molecule has 2 aromatic rings. The number of carbonyl (C=O) groups is 2. The topological polar surface area (TPSA) is 62.7 Å². The van der Waals surface area contributed by atoms with Crippen LogP contribution < -0.4 is 0 Å². The van der Waals surface area contributed by atoms with Gasteiger partial charge in [-0.15, -0.1) is 22.7 Å². The normalized spacial score (nSPS) is 15.1. The summed E-state index contributed by atoms with van der Waals surface area (Å²) in [5.41, 5.74) is 0.417. The predicted octanol–water partition coefficient (Wildman–Crippen LogP) is 3.80. The Hall–Kier alpha value is -1.93. The Morgan fingerprint density at radius 1 is 1.19 bits per heavy atom. The van der Waals surface area contributed by atoms with Crippen molar-refractivity contribution in [2.45, 2.75) is 39.7 Å². The summed E-state index contributed by atoms with van der Waals surface area (Å²) in [7, 11) is 0. The first-order valence-electron chi connectivity index (χ1n) is 8.99. The van der Waals surface area contributed by atoms with E-state index in [0.29, 0.717) is 32.6 Å². The molecule has 1 saturated heterocycles. The molecule has 0 aromatic carbocycles. The van der Waals surface area contributed by atoms with Crippen LogP contribution in [0.4, 0.5) is 4.79 Å². The lowest BCUT2D eigenvalue weighted by atomic mass is 10.2. The number of hydrogen-bond donors (Lipinski definition) is 0. The first-order chi connectivity index (χ1) is 12.7. The molecule has 2 amide bonds. The first kappa shape index (κ1) is 19.8. The van der Waals surface area contributed by atoms with Gasteiger partial charge in [0, 0.05) is 31.1 Å². The summed E-state index contributed by atoms with van der Waals surface area (Å²) < 4.78 is 5.41. The molecule has 3 heterocycles. The molecule has 1 aliphatic rings. The van der Waals surface area contributed by atoms with Crippen LogP contribution >= 0.6 is 22.7 Å². The van der Waals surface area contributed by atoms with E-state index in [4.69, 9.17) is 4.74 Å². The monoisotopic (exact) mass is 407 g/mol. The quantitative estimate of drug-likeness (QED) is 0.776. The second-order valence-electron chi connectivity index (χ2n) is 7.51. The zero-order chi connectivity index (χ0) is 19.6. The number of hydrogen-bond acceptors (Lipinski definition) is 6. The van der Waals surface area contributed by atoms with Gasteiger partial charge in [0.25, 0.3) is 0 Å². The van der Waals surface area contributed by atoms with Crippen LogP contribution in [0, 0.1) is 6.92 Å². The van der Waals surface area contributed by atoms with Crippen molar-refractivity contribution < 1.29 is 14.3 Å². The maximum absolute atomic E-state index is 12.8. The van der Waals surface area contributed by atoms with Crippen molar-refractivity contribution in [3.63, 3.8) is 0 Å². The zero-order valence-electron chi connectivity index (χ0n) is 16.2. The molecule has 1 fully saturated rings. The number of nitrogens with zero attached hydrogens (tertiary/aromatic N) is 3. The summed E-state index contributed by atoms with van der Waals surface area (Å²) in [4.78, 5) is 35.1. The van der Waals surface area contributed by atoms with Gasteiger partial charge < -0.3 is 14.5 Å². The van der Waals surface area contributed by atoms with E-state index in [0.717, 1.165) is 20.5 Å². The molecular weight excluding hydrogens is 382 g/mol. The molecule has 0 aliphatic carbocycles. The Bertz CT molecular complexity index is 801. The van der Waals surface area contributed by atoms with Gasteiger partial charge in [0.1, 0.15) is 5.60 Å². The van der Waals surface area contributed by atoms with Gasteiger partial charge in [-0.1, -0.05) is 6.07 Å². The number of rotatable bonds is 3. The number of carbonyl (C=O) groups excluding carboxylic acids is 2. The van der Waals surface area contributed by atoms with Crippen LogP contribution in [-0.4, -0.2) is 58.6 Å². The zero-order valence-corrected chi connectivity index (χ0v) is 17.8. The van der Waals surface area contributed by atoms with Gasteiger partial charge in [-0.25, -0.2) is 9.78 Å². The molecule has 0 bridgehead atoms. The lowest BCUT2D eigenvalue weighted by Crippen LogP contribution is -2.51. The van der Waals surface area contributed by atoms with E-state index in [2.05, 4.69) is 4.98 Å². The fourth-order valence-corrected chi connectivity index (χ4v) is 4.66. The molecule has 8 heteroatoms. The van der Waals surface area contributed by atoms with Crippen LogP contribution in [0.2, 0.25) is 0 Å². The highest BCUT2D eigenvalue weighted by molar-refractivity contribution is 7.15. The Balaban J connectivity index is 1.59. The number of aryl methyl sites for hydroxylation is 1. The molecular formula is C19H25N3O3S2. The Morgan fingerprint density at radius 3 is 2.44 bits per heavy atom. The Labute approximate surface area is 167 Å². The maximum Gasteiger partial charge on any atom is 0.410 e. The summed E-state index contributed by atoms with van der Waals surface area (Å²) >= 11 is 3.22. The van der Waals surface area contributed by atoms with E-state index in [9.17, 15) is 9.59 Å². The van der Waals surface area contributed by atoms with Gasteiger partial charge in [-0.05, 0) is 39.1 Å². The average molecular weight is 408 g/mol. The lowest BCUT2D eigenvalue weighted by Gasteiger charge is -2.35. The number of amides is 2. The van der Waals surface area contributed by atoms with E-state index < -0.39 is 5.60 Å². The predicted molar refractivity (Wildman–Crippen MR) is 108 cm³/mol. The molecule has 3 rings (SSSR count). The molecule has 146 valence electrons. The number of thiophene rings is 1. The highest BCUT2D eigenvalue weighted by Crippen LogP contribution is 2.31.